The van der Waals surface area contributed by atoms with Crippen molar-refractivity contribution in [1.29, 1.82) is 0 Å². The lowest BCUT2D eigenvalue weighted by Gasteiger charge is -2.22. The van der Waals surface area contributed by atoms with Gasteiger partial charge in [0.2, 0.25) is 5.91 Å². The molecular formula is C14H21ClF2N2O2. The summed E-state index contributed by atoms with van der Waals surface area (Å²) in [5.41, 5.74) is 6.49. The van der Waals surface area contributed by atoms with Crippen LogP contribution in [0.5, 0.6) is 0 Å². The van der Waals surface area contributed by atoms with Crippen molar-refractivity contribution in [2.24, 2.45) is 5.73 Å². The lowest BCUT2D eigenvalue weighted by molar-refractivity contribution is -0.133. The zero-order valence-corrected chi connectivity index (χ0v) is 12.5. The van der Waals surface area contributed by atoms with Gasteiger partial charge in [-0.05, 0) is 5.56 Å². The molecule has 0 aliphatic rings. The monoisotopic (exact) mass is 322 g/mol. The number of nitrogens with zero attached hydrogens (tertiary/aromatic N) is 1. The van der Waals surface area contributed by atoms with E-state index in [1.165, 1.54) is 0 Å². The van der Waals surface area contributed by atoms with Crippen LogP contribution >= 0.6 is 12.4 Å². The minimum atomic E-state index is -2.51. The van der Waals surface area contributed by atoms with Crippen LogP contribution in [0.3, 0.4) is 0 Å². The predicted molar refractivity (Wildman–Crippen MR) is 79.6 cm³/mol. The van der Waals surface area contributed by atoms with Crippen molar-refractivity contribution in [1.82, 2.24) is 4.90 Å². The first kappa shape index (κ1) is 19.8. The Balaban J connectivity index is 0.00000400. The topological polar surface area (TPSA) is 55.6 Å². The summed E-state index contributed by atoms with van der Waals surface area (Å²) >= 11 is 0. The highest BCUT2D eigenvalue weighted by Gasteiger charge is 2.13. The first-order valence-electron chi connectivity index (χ1n) is 6.51. The molecule has 1 aromatic carbocycles. The molecule has 120 valence electrons. The van der Waals surface area contributed by atoms with Crippen molar-refractivity contribution < 1.29 is 18.3 Å². The summed E-state index contributed by atoms with van der Waals surface area (Å²) in [4.78, 5) is 13.6. The standard InChI is InChI=1S/C14H20F2N2O2.ClH/c15-13(16)11-20-9-6-14(19)18(8-7-17)10-12-4-2-1-3-5-12;/h1-5,13H,6-11,17H2;1H. The van der Waals surface area contributed by atoms with Gasteiger partial charge in [0.25, 0.3) is 6.43 Å². The van der Waals surface area contributed by atoms with Crippen molar-refractivity contribution in [3.8, 4) is 0 Å². The van der Waals surface area contributed by atoms with Crippen LogP contribution in [0.4, 0.5) is 8.78 Å². The molecule has 0 unspecified atom stereocenters. The van der Waals surface area contributed by atoms with Crippen molar-refractivity contribution in [3.05, 3.63) is 35.9 Å². The lowest BCUT2D eigenvalue weighted by Crippen LogP contribution is -2.35. The van der Waals surface area contributed by atoms with Crippen molar-refractivity contribution in [2.45, 2.75) is 19.4 Å². The zero-order valence-electron chi connectivity index (χ0n) is 11.7. The maximum atomic E-state index is 12.0. The molecule has 1 amide bonds. The maximum Gasteiger partial charge on any atom is 0.261 e. The Bertz CT molecular complexity index is 394. The van der Waals surface area contributed by atoms with Crippen LogP contribution in [-0.4, -0.2) is 43.5 Å². The highest BCUT2D eigenvalue weighted by atomic mass is 35.5. The van der Waals surface area contributed by atoms with Gasteiger partial charge in [0, 0.05) is 19.6 Å². The van der Waals surface area contributed by atoms with E-state index < -0.39 is 13.0 Å². The van der Waals surface area contributed by atoms with Crippen molar-refractivity contribution >= 4 is 18.3 Å². The maximum absolute atomic E-state index is 12.0. The van der Waals surface area contributed by atoms with Crippen molar-refractivity contribution in [3.63, 3.8) is 0 Å². The van der Waals surface area contributed by atoms with Crippen LogP contribution < -0.4 is 5.73 Å². The number of carbonyl (C=O) groups excluding carboxylic acids is 1. The number of rotatable bonds is 9. The minimum Gasteiger partial charge on any atom is -0.375 e. The highest BCUT2D eigenvalue weighted by molar-refractivity contribution is 5.85. The third kappa shape index (κ3) is 8.60. The molecule has 21 heavy (non-hydrogen) atoms. The molecule has 2 N–H and O–H groups in total. The number of alkyl halides is 2. The Morgan fingerprint density at radius 2 is 1.95 bits per heavy atom. The number of hydrogen-bond donors (Lipinski definition) is 1. The van der Waals surface area contributed by atoms with E-state index in [2.05, 4.69) is 0 Å². The Hall–Kier alpha value is -1.24. The molecule has 4 nitrogen and oxygen atoms in total. The number of halogens is 3. The molecular weight excluding hydrogens is 302 g/mol. The van der Waals surface area contributed by atoms with Crippen LogP contribution in [-0.2, 0) is 16.1 Å². The summed E-state index contributed by atoms with van der Waals surface area (Å²) in [6.45, 7) is 0.618. The zero-order chi connectivity index (χ0) is 14.8. The van der Waals surface area contributed by atoms with Gasteiger partial charge < -0.3 is 15.4 Å². The second kappa shape index (κ2) is 11.4. The Kier molecular flexibility index (Phi) is 10.7. The molecule has 1 rings (SSSR count). The lowest BCUT2D eigenvalue weighted by atomic mass is 10.2. The molecule has 0 spiro atoms. The second-order valence-electron chi connectivity index (χ2n) is 4.31. The van der Waals surface area contributed by atoms with E-state index in [1.807, 2.05) is 30.3 Å². The van der Waals surface area contributed by atoms with Crippen molar-refractivity contribution in [2.75, 3.05) is 26.3 Å². The molecule has 0 aliphatic heterocycles. The normalized spacial score (nSPS) is 10.3. The Morgan fingerprint density at radius 3 is 2.52 bits per heavy atom. The van der Waals surface area contributed by atoms with Gasteiger partial charge in [-0.15, -0.1) is 12.4 Å². The fourth-order valence-electron chi connectivity index (χ4n) is 1.74. The minimum absolute atomic E-state index is 0. The fraction of sp³-hybridized carbons (Fsp3) is 0.500. The number of carbonyl (C=O) groups is 1. The molecule has 0 saturated heterocycles. The van der Waals surface area contributed by atoms with Gasteiger partial charge in [0.1, 0.15) is 6.61 Å². The van der Waals surface area contributed by atoms with E-state index in [-0.39, 0.29) is 31.3 Å². The van der Waals surface area contributed by atoms with Crippen LogP contribution in [0.25, 0.3) is 0 Å². The Labute approximate surface area is 129 Å². The van der Waals surface area contributed by atoms with Gasteiger partial charge in [0.15, 0.2) is 0 Å². The number of benzene rings is 1. The summed E-state index contributed by atoms with van der Waals surface area (Å²) in [5, 5.41) is 0. The van der Waals surface area contributed by atoms with Crippen LogP contribution in [0.15, 0.2) is 30.3 Å². The van der Waals surface area contributed by atoms with Gasteiger partial charge >= 0.3 is 0 Å². The van der Waals surface area contributed by atoms with E-state index >= 15 is 0 Å². The molecule has 0 atom stereocenters. The average Bonchev–Trinajstić information content (AvgIpc) is 2.44. The van der Waals surface area contributed by atoms with E-state index in [9.17, 15) is 13.6 Å². The molecule has 0 heterocycles. The number of ether oxygens (including phenoxy) is 1. The SMILES string of the molecule is Cl.NCCN(Cc1ccccc1)C(=O)CCOCC(F)F. The smallest absolute Gasteiger partial charge is 0.261 e. The molecule has 0 aliphatic carbocycles. The summed E-state index contributed by atoms with van der Waals surface area (Å²) < 4.78 is 28.5. The van der Waals surface area contributed by atoms with Gasteiger partial charge in [-0.2, -0.15) is 0 Å². The second-order valence-corrected chi connectivity index (χ2v) is 4.31. The number of hydrogen-bond acceptors (Lipinski definition) is 3. The molecule has 0 bridgehead atoms. The first-order valence-corrected chi connectivity index (χ1v) is 6.51. The first-order chi connectivity index (χ1) is 9.63. The number of amides is 1. The largest absolute Gasteiger partial charge is 0.375 e. The van der Waals surface area contributed by atoms with Gasteiger partial charge in [-0.1, -0.05) is 30.3 Å². The molecule has 7 heteroatoms. The molecule has 0 aromatic heterocycles. The summed E-state index contributed by atoms with van der Waals surface area (Å²) in [5.74, 6) is -0.145. The van der Waals surface area contributed by atoms with Gasteiger partial charge in [0.05, 0.1) is 13.0 Å². The van der Waals surface area contributed by atoms with E-state index in [0.29, 0.717) is 19.6 Å². The molecule has 1 aromatic rings. The van der Waals surface area contributed by atoms with E-state index in [0.717, 1.165) is 5.56 Å². The van der Waals surface area contributed by atoms with Gasteiger partial charge in [-0.3, -0.25) is 4.79 Å². The van der Waals surface area contributed by atoms with Crippen LogP contribution in [0, 0.1) is 0 Å². The molecule has 0 fully saturated rings. The summed E-state index contributed by atoms with van der Waals surface area (Å²) in [6, 6.07) is 9.53. The quantitative estimate of drug-likeness (QED) is 0.708. The fourth-order valence-corrected chi connectivity index (χ4v) is 1.74. The third-order valence-corrected chi connectivity index (χ3v) is 2.67. The summed E-state index contributed by atoms with van der Waals surface area (Å²) in [6.07, 6.45) is -2.42. The summed E-state index contributed by atoms with van der Waals surface area (Å²) in [7, 11) is 0. The highest BCUT2D eigenvalue weighted by Crippen LogP contribution is 2.06. The van der Waals surface area contributed by atoms with Crippen LogP contribution in [0.2, 0.25) is 0 Å². The third-order valence-electron chi connectivity index (χ3n) is 2.67. The molecule has 0 saturated carbocycles. The average molecular weight is 323 g/mol. The van der Waals surface area contributed by atoms with Gasteiger partial charge in [-0.25, -0.2) is 8.78 Å². The van der Waals surface area contributed by atoms with E-state index in [4.69, 9.17) is 10.5 Å². The predicted octanol–water partition coefficient (Wildman–Crippen LogP) is 2.07. The van der Waals surface area contributed by atoms with Crippen LogP contribution in [0.1, 0.15) is 12.0 Å². The number of nitrogens with two attached hydrogens (primary N) is 1. The van der Waals surface area contributed by atoms with E-state index in [1.54, 1.807) is 4.90 Å². The Morgan fingerprint density at radius 1 is 1.29 bits per heavy atom. The molecule has 0 radical (unpaired) electrons.